The average molecular weight is 335 g/mol. The van der Waals surface area contributed by atoms with Gasteiger partial charge < -0.3 is 15.5 Å². The van der Waals surface area contributed by atoms with E-state index in [1.165, 1.54) is 6.20 Å². The highest BCUT2D eigenvalue weighted by Crippen LogP contribution is 2.23. The van der Waals surface area contributed by atoms with Crippen molar-refractivity contribution >= 4 is 23.2 Å². The number of amides is 1. The molecule has 23 heavy (non-hydrogen) atoms. The quantitative estimate of drug-likeness (QED) is 0.436. The second kappa shape index (κ2) is 9.88. The highest BCUT2D eigenvalue weighted by Gasteiger charge is 2.11. The number of carbonyl (C=O) groups is 1. The van der Waals surface area contributed by atoms with Crippen LogP contribution in [0, 0.1) is 18.3 Å². The Labute approximate surface area is 142 Å². The first-order valence-electron chi connectivity index (χ1n) is 7.65. The number of likely N-dealkylation sites (N-methyl/N-ethyl adjacent to an activating group) is 1. The predicted molar refractivity (Wildman–Crippen MR) is 94.3 cm³/mol. The maximum atomic E-state index is 12.2. The summed E-state index contributed by atoms with van der Waals surface area (Å²) >= 11 is 6.02. The van der Waals surface area contributed by atoms with E-state index in [2.05, 4.69) is 29.4 Å². The molecule has 0 unspecified atom stereocenters. The van der Waals surface area contributed by atoms with Crippen molar-refractivity contribution in [2.45, 2.75) is 20.8 Å². The number of carbonyl (C=O) groups excluding carboxylic acids is 1. The number of hydrogen-bond acceptors (Lipinski definition) is 4. The first kappa shape index (κ1) is 19.0. The van der Waals surface area contributed by atoms with Crippen LogP contribution in [0.5, 0.6) is 0 Å². The Morgan fingerprint density at radius 2 is 2.09 bits per heavy atom. The lowest BCUT2D eigenvalue weighted by molar-refractivity contribution is -0.112. The predicted octanol–water partition coefficient (Wildman–Crippen LogP) is 2.93. The molecule has 1 aromatic rings. The van der Waals surface area contributed by atoms with Crippen molar-refractivity contribution in [3.05, 3.63) is 40.6 Å². The van der Waals surface area contributed by atoms with Gasteiger partial charge in [-0.15, -0.1) is 0 Å². The summed E-state index contributed by atoms with van der Waals surface area (Å²) in [7, 11) is 0. The van der Waals surface area contributed by atoms with Gasteiger partial charge in [0.05, 0.1) is 0 Å². The van der Waals surface area contributed by atoms with E-state index < -0.39 is 5.91 Å². The molecule has 0 heterocycles. The molecular weight excluding hydrogens is 312 g/mol. The Bertz CT molecular complexity index is 603. The number of rotatable bonds is 8. The van der Waals surface area contributed by atoms with Crippen molar-refractivity contribution in [2.75, 3.05) is 31.5 Å². The third kappa shape index (κ3) is 5.93. The molecule has 6 heteroatoms. The fraction of sp³-hybridized carbons (Fsp3) is 0.412. The second-order valence-corrected chi connectivity index (χ2v) is 5.42. The van der Waals surface area contributed by atoms with Gasteiger partial charge in [-0.1, -0.05) is 31.5 Å². The molecule has 0 aliphatic heterocycles. The zero-order valence-electron chi connectivity index (χ0n) is 13.8. The molecule has 0 spiro atoms. The van der Waals surface area contributed by atoms with Crippen LogP contribution in [0.4, 0.5) is 5.69 Å². The van der Waals surface area contributed by atoms with Crippen LogP contribution in [0.2, 0.25) is 5.02 Å². The van der Waals surface area contributed by atoms with Crippen LogP contribution in [0.25, 0.3) is 0 Å². The van der Waals surface area contributed by atoms with Gasteiger partial charge in [0.15, 0.2) is 0 Å². The Kier molecular flexibility index (Phi) is 8.17. The topological polar surface area (TPSA) is 68.2 Å². The number of hydrogen-bond donors (Lipinski definition) is 2. The van der Waals surface area contributed by atoms with Crippen molar-refractivity contribution in [1.82, 2.24) is 10.2 Å². The molecule has 0 fully saturated rings. The van der Waals surface area contributed by atoms with Gasteiger partial charge in [0.2, 0.25) is 0 Å². The molecule has 1 aromatic carbocycles. The highest BCUT2D eigenvalue weighted by atomic mass is 35.5. The van der Waals surface area contributed by atoms with Gasteiger partial charge in [-0.2, -0.15) is 5.26 Å². The highest BCUT2D eigenvalue weighted by molar-refractivity contribution is 6.31. The molecule has 1 rings (SSSR count). The number of halogens is 1. The van der Waals surface area contributed by atoms with Crippen LogP contribution >= 0.6 is 11.6 Å². The van der Waals surface area contributed by atoms with Crippen molar-refractivity contribution in [3.8, 4) is 6.07 Å². The minimum atomic E-state index is -0.451. The number of nitrogens with one attached hydrogen (secondary N) is 2. The smallest absolute Gasteiger partial charge is 0.267 e. The molecule has 0 saturated carbocycles. The molecule has 0 saturated heterocycles. The van der Waals surface area contributed by atoms with E-state index in [0.29, 0.717) is 17.3 Å². The van der Waals surface area contributed by atoms with Gasteiger partial charge in [-0.3, -0.25) is 4.79 Å². The van der Waals surface area contributed by atoms with Crippen molar-refractivity contribution in [3.63, 3.8) is 0 Å². The zero-order valence-corrected chi connectivity index (χ0v) is 14.6. The average Bonchev–Trinajstić information content (AvgIpc) is 2.55. The molecule has 1 amide bonds. The lowest BCUT2D eigenvalue weighted by atomic mass is 10.2. The lowest BCUT2D eigenvalue weighted by Crippen LogP contribution is -2.30. The van der Waals surface area contributed by atoms with Crippen molar-refractivity contribution in [1.29, 1.82) is 5.26 Å². The molecule has 124 valence electrons. The van der Waals surface area contributed by atoms with Crippen LogP contribution in [-0.4, -0.2) is 37.0 Å². The lowest BCUT2D eigenvalue weighted by Gasteiger charge is -2.17. The summed E-state index contributed by atoms with van der Waals surface area (Å²) in [6, 6.07) is 7.17. The van der Waals surface area contributed by atoms with Crippen LogP contribution < -0.4 is 10.6 Å². The third-order valence-electron chi connectivity index (χ3n) is 3.59. The van der Waals surface area contributed by atoms with Crippen LogP contribution in [0.15, 0.2) is 30.0 Å². The largest absolute Gasteiger partial charge is 0.388 e. The first-order chi connectivity index (χ1) is 11.0. The molecule has 0 bridgehead atoms. The van der Waals surface area contributed by atoms with E-state index in [9.17, 15) is 4.79 Å². The molecule has 5 nitrogen and oxygen atoms in total. The zero-order chi connectivity index (χ0) is 17.2. The Morgan fingerprint density at radius 3 is 2.70 bits per heavy atom. The Morgan fingerprint density at radius 1 is 1.39 bits per heavy atom. The minimum absolute atomic E-state index is 0.0314. The number of nitrogens with zero attached hydrogens (tertiary/aromatic N) is 2. The van der Waals surface area contributed by atoms with E-state index >= 15 is 0 Å². The molecule has 0 aromatic heterocycles. The Balaban J connectivity index is 2.63. The van der Waals surface area contributed by atoms with Gasteiger partial charge in [-0.05, 0) is 37.7 Å². The van der Waals surface area contributed by atoms with Gasteiger partial charge >= 0.3 is 0 Å². The third-order valence-corrected chi connectivity index (χ3v) is 4.00. The summed E-state index contributed by atoms with van der Waals surface area (Å²) in [6.07, 6.45) is 1.46. The molecule has 0 aliphatic carbocycles. The van der Waals surface area contributed by atoms with E-state index in [1.54, 1.807) is 18.2 Å². The number of nitriles is 1. The Hall–Kier alpha value is -2.03. The molecule has 2 N–H and O–H groups in total. The maximum Gasteiger partial charge on any atom is 0.267 e. The summed E-state index contributed by atoms with van der Waals surface area (Å²) in [6.45, 7) is 9.49. The van der Waals surface area contributed by atoms with Gasteiger partial charge in [0, 0.05) is 30.0 Å². The molecule has 0 atom stereocenters. The van der Waals surface area contributed by atoms with Crippen LogP contribution in [-0.2, 0) is 4.79 Å². The molecule has 0 aliphatic rings. The molecular formula is C17H23ClN4O. The van der Waals surface area contributed by atoms with Crippen LogP contribution in [0.1, 0.15) is 19.4 Å². The summed E-state index contributed by atoms with van der Waals surface area (Å²) in [5.41, 5.74) is 1.41. The summed E-state index contributed by atoms with van der Waals surface area (Å²) < 4.78 is 0. The SMILES string of the molecule is CCN(CC)CCN/C=C(/C#N)C(=O)Nc1cccc(Cl)c1C. The van der Waals surface area contributed by atoms with Crippen molar-refractivity contribution < 1.29 is 4.79 Å². The number of benzene rings is 1. The number of anilines is 1. The monoisotopic (exact) mass is 334 g/mol. The maximum absolute atomic E-state index is 12.2. The first-order valence-corrected chi connectivity index (χ1v) is 8.03. The second-order valence-electron chi connectivity index (χ2n) is 5.02. The summed E-state index contributed by atoms with van der Waals surface area (Å²) in [5.74, 6) is -0.451. The van der Waals surface area contributed by atoms with E-state index in [1.807, 2.05) is 13.0 Å². The van der Waals surface area contributed by atoms with Crippen LogP contribution in [0.3, 0.4) is 0 Å². The van der Waals surface area contributed by atoms with Gasteiger partial charge in [0.25, 0.3) is 5.91 Å². The summed E-state index contributed by atoms with van der Waals surface area (Å²) in [5, 5.41) is 15.4. The van der Waals surface area contributed by atoms with Crippen molar-refractivity contribution in [2.24, 2.45) is 0 Å². The minimum Gasteiger partial charge on any atom is -0.388 e. The standard InChI is InChI=1S/C17H23ClN4O/c1-4-22(5-2)10-9-20-12-14(11-19)17(23)21-16-8-6-7-15(18)13(16)3/h6-8,12,20H,4-5,9-10H2,1-3H3,(H,21,23)/b14-12-. The normalized spacial score (nSPS) is 11.2. The van der Waals surface area contributed by atoms with Gasteiger partial charge in [-0.25, -0.2) is 0 Å². The van der Waals surface area contributed by atoms with E-state index in [4.69, 9.17) is 16.9 Å². The fourth-order valence-electron chi connectivity index (χ4n) is 2.02. The fourth-order valence-corrected chi connectivity index (χ4v) is 2.19. The van der Waals surface area contributed by atoms with E-state index in [0.717, 1.165) is 25.2 Å². The molecule has 0 radical (unpaired) electrons. The summed E-state index contributed by atoms with van der Waals surface area (Å²) in [4.78, 5) is 14.4. The van der Waals surface area contributed by atoms with Gasteiger partial charge in [0.1, 0.15) is 11.6 Å². The van der Waals surface area contributed by atoms with E-state index in [-0.39, 0.29) is 5.57 Å².